The monoisotopic (exact) mass is 896 g/mol. The Bertz CT molecular complexity index is 997. The third-order valence-corrected chi connectivity index (χ3v) is 13.4. The van der Waals surface area contributed by atoms with E-state index in [1.54, 1.807) is 6.08 Å². The van der Waals surface area contributed by atoms with Crippen LogP contribution in [0, 0.1) is 0 Å². The number of allylic oxidation sites excluding steroid dienone is 1. The molecule has 0 bridgehead atoms. The second kappa shape index (κ2) is 44.7. The summed E-state index contributed by atoms with van der Waals surface area (Å²) in [4.78, 5) is 13.0. The summed E-state index contributed by atoms with van der Waals surface area (Å²) >= 11 is 0. The van der Waals surface area contributed by atoms with Crippen molar-refractivity contribution >= 4 is 5.91 Å². The van der Waals surface area contributed by atoms with Crippen molar-refractivity contribution in [1.29, 1.82) is 0 Å². The fraction of sp³-hybridized carbons (Fsp3) is 0.944. The van der Waals surface area contributed by atoms with E-state index in [2.05, 4.69) is 19.2 Å². The number of carbonyl (C=O) groups excluding carboxylic acids is 1. The van der Waals surface area contributed by atoms with Crippen LogP contribution in [0.25, 0.3) is 0 Å². The molecule has 0 aliphatic carbocycles. The van der Waals surface area contributed by atoms with Gasteiger partial charge in [0.05, 0.1) is 25.4 Å². The largest absolute Gasteiger partial charge is 0.394 e. The highest BCUT2D eigenvalue weighted by molar-refractivity contribution is 5.76. The smallest absolute Gasteiger partial charge is 0.220 e. The van der Waals surface area contributed by atoms with Crippen molar-refractivity contribution in [3.63, 3.8) is 0 Å². The molecule has 9 heteroatoms. The van der Waals surface area contributed by atoms with Gasteiger partial charge in [-0.2, -0.15) is 0 Å². The third kappa shape index (κ3) is 34.8. The van der Waals surface area contributed by atoms with Crippen molar-refractivity contribution in [3.05, 3.63) is 12.2 Å². The van der Waals surface area contributed by atoms with Gasteiger partial charge in [-0.05, 0) is 19.3 Å². The second-order valence-corrected chi connectivity index (χ2v) is 19.4. The summed E-state index contributed by atoms with van der Waals surface area (Å²) in [5.74, 6) is -0.171. The summed E-state index contributed by atoms with van der Waals surface area (Å²) in [5.41, 5.74) is 0. The summed E-state index contributed by atoms with van der Waals surface area (Å²) in [6.45, 7) is 3.81. The zero-order valence-corrected chi connectivity index (χ0v) is 41.4. The van der Waals surface area contributed by atoms with E-state index in [1.165, 1.54) is 212 Å². The zero-order chi connectivity index (χ0) is 45.9. The molecule has 1 rings (SSSR count). The summed E-state index contributed by atoms with van der Waals surface area (Å²) in [7, 11) is 0. The first-order valence-electron chi connectivity index (χ1n) is 27.4. The molecule has 1 aliphatic rings. The Morgan fingerprint density at radius 1 is 0.524 bits per heavy atom. The Hall–Kier alpha value is -1.07. The van der Waals surface area contributed by atoms with Crippen LogP contribution in [-0.4, -0.2) is 87.5 Å². The lowest BCUT2D eigenvalue weighted by Gasteiger charge is -2.40. The summed E-state index contributed by atoms with van der Waals surface area (Å²) in [6.07, 6.45) is 47.0. The van der Waals surface area contributed by atoms with Gasteiger partial charge in [0.1, 0.15) is 24.4 Å². The number of hydrogen-bond donors (Lipinski definition) is 6. The molecule has 1 heterocycles. The number of unbranched alkanes of at least 4 members (excludes halogenated alkanes) is 37. The summed E-state index contributed by atoms with van der Waals surface area (Å²) in [6, 6.07) is -0.799. The molecule has 0 aromatic carbocycles. The van der Waals surface area contributed by atoms with Crippen molar-refractivity contribution in [2.75, 3.05) is 13.2 Å². The summed E-state index contributed by atoms with van der Waals surface area (Å²) < 4.78 is 11.3. The first-order chi connectivity index (χ1) is 30.8. The molecule has 374 valence electrons. The average Bonchev–Trinajstić information content (AvgIpc) is 3.28. The van der Waals surface area contributed by atoms with Crippen LogP contribution >= 0.6 is 0 Å². The molecule has 9 nitrogen and oxygen atoms in total. The molecule has 6 N–H and O–H groups in total. The lowest BCUT2D eigenvalue weighted by molar-refractivity contribution is -0.302. The number of aliphatic hydroxyl groups excluding tert-OH is 5. The van der Waals surface area contributed by atoms with Crippen LogP contribution in [0.15, 0.2) is 12.2 Å². The van der Waals surface area contributed by atoms with Gasteiger partial charge in [0.2, 0.25) is 5.91 Å². The maximum absolute atomic E-state index is 13.0. The van der Waals surface area contributed by atoms with Gasteiger partial charge in [0, 0.05) is 6.42 Å². The molecular formula is C54H105NO8. The van der Waals surface area contributed by atoms with Gasteiger partial charge < -0.3 is 40.3 Å². The van der Waals surface area contributed by atoms with E-state index in [0.717, 1.165) is 38.5 Å². The minimum absolute atomic E-state index is 0.171. The zero-order valence-electron chi connectivity index (χ0n) is 41.4. The van der Waals surface area contributed by atoms with Crippen LogP contribution in [0.4, 0.5) is 0 Å². The topological polar surface area (TPSA) is 149 Å². The lowest BCUT2D eigenvalue weighted by Crippen LogP contribution is -2.60. The lowest BCUT2D eigenvalue weighted by atomic mass is 9.99. The van der Waals surface area contributed by atoms with Gasteiger partial charge >= 0.3 is 0 Å². The maximum atomic E-state index is 13.0. The number of amides is 1. The minimum atomic E-state index is -1.56. The average molecular weight is 896 g/mol. The molecular weight excluding hydrogens is 791 g/mol. The van der Waals surface area contributed by atoms with Crippen LogP contribution in [0.5, 0.6) is 0 Å². The van der Waals surface area contributed by atoms with Gasteiger partial charge in [-0.25, -0.2) is 0 Å². The fourth-order valence-corrected chi connectivity index (χ4v) is 8.98. The van der Waals surface area contributed by atoms with Crippen molar-refractivity contribution in [2.45, 2.75) is 314 Å². The fourth-order valence-electron chi connectivity index (χ4n) is 8.98. The Morgan fingerprint density at radius 3 is 1.24 bits per heavy atom. The van der Waals surface area contributed by atoms with Crippen LogP contribution in [0.1, 0.15) is 271 Å². The highest BCUT2D eigenvalue weighted by atomic mass is 16.7. The maximum Gasteiger partial charge on any atom is 0.220 e. The second-order valence-electron chi connectivity index (χ2n) is 19.4. The van der Waals surface area contributed by atoms with Crippen molar-refractivity contribution in [1.82, 2.24) is 5.32 Å². The van der Waals surface area contributed by atoms with E-state index in [-0.39, 0.29) is 12.5 Å². The van der Waals surface area contributed by atoms with Crippen molar-refractivity contribution in [2.24, 2.45) is 0 Å². The van der Waals surface area contributed by atoms with E-state index < -0.39 is 49.5 Å². The molecule has 1 fully saturated rings. The highest BCUT2D eigenvalue weighted by Gasteiger charge is 2.44. The van der Waals surface area contributed by atoms with Gasteiger partial charge in [-0.3, -0.25) is 4.79 Å². The SMILES string of the molecule is CCCCCCCCCCCCCCC/C=C/C(O)C(COC1OC(CO)C(O)C(O)C1O)NC(=O)CCCCCCCCCCCCCCCCCCCCCCCCCCC. The first kappa shape index (κ1) is 59.9. The molecule has 0 aromatic heterocycles. The predicted molar refractivity (Wildman–Crippen MR) is 263 cm³/mol. The number of hydrogen-bond acceptors (Lipinski definition) is 8. The molecule has 7 atom stereocenters. The normalized spacial score (nSPS) is 20.1. The van der Waals surface area contributed by atoms with Crippen molar-refractivity contribution < 1.29 is 39.8 Å². The van der Waals surface area contributed by atoms with E-state index >= 15 is 0 Å². The van der Waals surface area contributed by atoms with Crippen LogP contribution in [0.3, 0.4) is 0 Å². The Morgan fingerprint density at radius 2 is 0.873 bits per heavy atom. The Labute approximate surface area is 388 Å². The van der Waals surface area contributed by atoms with Gasteiger partial charge in [0.25, 0.3) is 0 Å². The van der Waals surface area contributed by atoms with Crippen LogP contribution in [0.2, 0.25) is 0 Å². The van der Waals surface area contributed by atoms with Gasteiger partial charge in [-0.15, -0.1) is 0 Å². The van der Waals surface area contributed by atoms with Crippen molar-refractivity contribution in [3.8, 4) is 0 Å². The highest BCUT2D eigenvalue weighted by Crippen LogP contribution is 2.23. The predicted octanol–water partition coefficient (Wildman–Crippen LogP) is 12.8. The number of ether oxygens (including phenoxy) is 2. The van der Waals surface area contributed by atoms with Crippen LogP contribution in [-0.2, 0) is 14.3 Å². The van der Waals surface area contributed by atoms with Gasteiger partial charge in [0.15, 0.2) is 6.29 Å². The number of rotatable bonds is 47. The molecule has 63 heavy (non-hydrogen) atoms. The first-order valence-corrected chi connectivity index (χ1v) is 27.4. The summed E-state index contributed by atoms with van der Waals surface area (Å²) in [5, 5.41) is 54.4. The third-order valence-electron chi connectivity index (χ3n) is 13.4. The van der Waals surface area contributed by atoms with E-state index in [1.807, 2.05) is 6.08 Å². The molecule has 1 aliphatic heterocycles. The van der Waals surface area contributed by atoms with E-state index in [9.17, 15) is 30.3 Å². The number of carbonyl (C=O) groups is 1. The Kier molecular flexibility index (Phi) is 42.6. The number of nitrogens with one attached hydrogen (secondary N) is 1. The molecule has 0 radical (unpaired) electrons. The number of aliphatic hydroxyl groups is 5. The molecule has 0 spiro atoms. The molecule has 0 saturated carbocycles. The molecule has 1 amide bonds. The van der Waals surface area contributed by atoms with E-state index in [0.29, 0.717) is 6.42 Å². The molecule has 1 saturated heterocycles. The standard InChI is InChI=1S/C54H105NO8/c1-3-5-7-9-11-13-15-17-19-20-21-22-23-24-25-26-27-28-30-32-34-36-38-40-42-44-50(58)55-47(46-62-54-53(61)52(60)51(59)49(45-56)63-54)48(57)43-41-39-37-35-33-31-29-18-16-14-12-10-8-6-4-2/h41,43,47-49,51-54,56-57,59-61H,3-40,42,44-46H2,1-2H3,(H,55,58)/b43-41+. The van der Waals surface area contributed by atoms with Gasteiger partial charge in [-0.1, -0.05) is 257 Å². The Balaban J connectivity index is 2.20. The minimum Gasteiger partial charge on any atom is -0.394 e. The molecule has 0 aromatic rings. The van der Waals surface area contributed by atoms with Crippen LogP contribution < -0.4 is 5.32 Å². The molecule has 7 unspecified atom stereocenters. The van der Waals surface area contributed by atoms with E-state index in [4.69, 9.17) is 9.47 Å². The quantitative estimate of drug-likeness (QED) is 0.0261.